The van der Waals surface area contributed by atoms with Crippen molar-refractivity contribution < 1.29 is 28.6 Å². The topological polar surface area (TPSA) is 85.4 Å². The van der Waals surface area contributed by atoms with Gasteiger partial charge in [-0.25, -0.2) is 0 Å². The summed E-state index contributed by atoms with van der Waals surface area (Å²) in [6.45, 7) is 7.48. The van der Waals surface area contributed by atoms with Crippen LogP contribution in [-0.4, -0.2) is 64.5 Å². The highest BCUT2D eigenvalue weighted by molar-refractivity contribution is 8.22. The Morgan fingerprint density at radius 2 is 1.41 bits per heavy atom. The molecule has 1 aliphatic rings. The molecule has 158 valence electrons. The molecule has 0 bridgehead atoms. The van der Waals surface area contributed by atoms with Crippen LogP contribution in [0.2, 0.25) is 0 Å². The van der Waals surface area contributed by atoms with Gasteiger partial charge in [0.25, 0.3) is 0 Å². The van der Waals surface area contributed by atoms with E-state index in [-0.39, 0.29) is 17.2 Å². The third-order valence-electron chi connectivity index (χ3n) is 4.05. The van der Waals surface area contributed by atoms with E-state index >= 15 is 0 Å². The van der Waals surface area contributed by atoms with Gasteiger partial charge in [-0.3, -0.25) is 19.3 Å². The molecule has 0 spiro atoms. The molecule has 0 aliphatic carbocycles. The number of carbonyl (C=O) groups excluding carboxylic acids is 3. The summed E-state index contributed by atoms with van der Waals surface area (Å²) in [6, 6.07) is 3.23. The largest absolute Gasteiger partial charge is 0.423 e. The van der Waals surface area contributed by atoms with Gasteiger partial charge in [0.05, 0.1) is 0 Å². The van der Waals surface area contributed by atoms with Gasteiger partial charge in [-0.15, -0.1) is 11.8 Å². The van der Waals surface area contributed by atoms with Crippen LogP contribution >= 0.6 is 24.0 Å². The Morgan fingerprint density at radius 1 is 0.931 bits per heavy atom. The first kappa shape index (κ1) is 23.1. The van der Waals surface area contributed by atoms with Crippen molar-refractivity contribution >= 4 is 46.2 Å². The standard InChI is InChI=1S/C19H24N2O6S2/c1-12(22)25-16-9-15(10-17(26-13(2)23)18(16)27-14(3)24)11-20-5-7-21(8-6-20)19(28)29-4/h9-10H,5-8,11H2,1-4H3. The number of thiocarbonyl (C=S) groups is 1. The maximum atomic E-state index is 11.5. The Morgan fingerprint density at radius 3 is 1.83 bits per heavy atom. The quantitative estimate of drug-likeness (QED) is 0.386. The summed E-state index contributed by atoms with van der Waals surface area (Å²) in [6.07, 6.45) is 1.96. The lowest BCUT2D eigenvalue weighted by Crippen LogP contribution is -2.47. The molecule has 0 unspecified atom stereocenters. The van der Waals surface area contributed by atoms with Gasteiger partial charge >= 0.3 is 17.9 Å². The van der Waals surface area contributed by atoms with Gasteiger partial charge in [-0.2, -0.15) is 0 Å². The summed E-state index contributed by atoms with van der Waals surface area (Å²) in [5, 5.41) is 0. The van der Waals surface area contributed by atoms with Gasteiger partial charge in [0, 0.05) is 53.5 Å². The minimum absolute atomic E-state index is 0.0312. The van der Waals surface area contributed by atoms with Crippen molar-refractivity contribution in [3.63, 3.8) is 0 Å². The predicted octanol–water partition coefficient (Wildman–Crippen LogP) is 2.23. The fourth-order valence-electron chi connectivity index (χ4n) is 2.90. The zero-order chi connectivity index (χ0) is 21.6. The second-order valence-electron chi connectivity index (χ2n) is 6.44. The van der Waals surface area contributed by atoms with Crippen molar-refractivity contribution in [3.8, 4) is 17.2 Å². The highest BCUT2D eigenvalue weighted by atomic mass is 32.2. The Labute approximate surface area is 179 Å². The predicted molar refractivity (Wildman–Crippen MR) is 113 cm³/mol. The molecule has 1 aliphatic heterocycles. The Balaban J connectivity index is 2.27. The number of rotatable bonds is 5. The van der Waals surface area contributed by atoms with Crippen LogP contribution in [-0.2, 0) is 20.9 Å². The van der Waals surface area contributed by atoms with Crippen molar-refractivity contribution in [1.82, 2.24) is 9.80 Å². The first-order valence-electron chi connectivity index (χ1n) is 8.97. The van der Waals surface area contributed by atoms with E-state index in [0.29, 0.717) is 6.54 Å². The van der Waals surface area contributed by atoms with Gasteiger partial charge < -0.3 is 19.1 Å². The van der Waals surface area contributed by atoms with E-state index in [2.05, 4.69) is 9.80 Å². The first-order chi connectivity index (χ1) is 13.7. The van der Waals surface area contributed by atoms with Gasteiger partial charge in [-0.05, 0) is 24.0 Å². The summed E-state index contributed by atoms with van der Waals surface area (Å²) >= 11 is 6.90. The highest BCUT2D eigenvalue weighted by Crippen LogP contribution is 2.39. The number of thioether (sulfide) groups is 1. The van der Waals surface area contributed by atoms with Crippen LogP contribution < -0.4 is 14.2 Å². The normalized spacial score (nSPS) is 14.3. The molecule has 1 heterocycles. The SMILES string of the molecule is CSC(=S)N1CCN(Cc2cc(OC(C)=O)c(OC(C)=O)c(OC(C)=O)c2)CC1. The fourth-order valence-corrected chi connectivity index (χ4v) is 3.53. The van der Waals surface area contributed by atoms with E-state index in [9.17, 15) is 14.4 Å². The molecule has 2 rings (SSSR count). The molecule has 1 saturated heterocycles. The average Bonchev–Trinajstić information content (AvgIpc) is 2.63. The van der Waals surface area contributed by atoms with E-state index in [4.69, 9.17) is 26.4 Å². The van der Waals surface area contributed by atoms with E-state index in [0.717, 1.165) is 36.1 Å². The van der Waals surface area contributed by atoms with Crippen LogP contribution in [0.15, 0.2) is 12.1 Å². The first-order valence-corrected chi connectivity index (χ1v) is 10.6. The molecule has 0 aromatic heterocycles. The Hall–Kier alpha value is -2.17. The molecule has 0 atom stereocenters. The van der Waals surface area contributed by atoms with E-state index in [1.165, 1.54) is 20.8 Å². The lowest BCUT2D eigenvalue weighted by molar-refractivity contribution is -0.135. The van der Waals surface area contributed by atoms with Gasteiger partial charge in [0.1, 0.15) is 4.32 Å². The lowest BCUT2D eigenvalue weighted by atomic mass is 10.1. The second kappa shape index (κ2) is 10.6. The summed E-state index contributed by atoms with van der Waals surface area (Å²) in [5.74, 6) is -1.82. The molecule has 0 radical (unpaired) electrons. The van der Waals surface area contributed by atoms with Crippen LogP contribution in [0.5, 0.6) is 17.2 Å². The highest BCUT2D eigenvalue weighted by Gasteiger charge is 2.23. The number of nitrogens with zero attached hydrogens (tertiary/aromatic N) is 2. The Bertz CT molecular complexity index is 769. The van der Waals surface area contributed by atoms with Gasteiger partial charge in [-0.1, -0.05) is 12.2 Å². The van der Waals surface area contributed by atoms with Gasteiger partial charge in [0.2, 0.25) is 5.75 Å². The number of carbonyl (C=O) groups is 3. The number of benzene rings is 1. The minimum Gasteiger partial charge on any atom is -0.423 e. The molecule has 1 fully saturated rings. The van der Waals surface area contributed by atoms with Crippen molar-refractivity contribution in [2.75, 3.05) is 32.4 Å². The maximum Gasteiger partial charge on any atom is 0.308 e. The summed E-state index contributed by atoms with van der Waals surface area (Å²) in [4.78, 5) is 38.9. The lowest BCUT2D eigenvalue weighted by Gasteiger charge is -2.35. The molecule has 8 nitrogen and oxygen atoms in total. The number of ether oxygens (including phenoxy) is 3. The third-order valence-corrected chi connectivity index (χ3v) is 5.41. The fraction of sp³-hybridized carbons (Fsp3) is 0.474. The zero-order valence-corrected chi connectivity index (χ0v) is 18.5. The average molecular weight is 441 g/mol. The molecule has 10 heteroatoms. The smallest absolute Gasteiger partial charge is 0.308 e. The van der Waals surface area contributed by atoms with Crippen LogP contribution in [0.1, 0.15) is 26.3 Å². The number of esters is 3. The molecule has 0 amide bonds. The van der Waals surface area contributed by atoms with E-state index < -0.39 is 17.9 Å². The van der Waals surface area contributed by atoms with E-state index in [1.807, 2.05) is 6.26 Å². The van der Waals surface area contributed by atoms with Crippen molar-refractivity contribution in [1.29, 1.82) is 0 Å². The third kappa shape index (κ3) is 6.98. The maximum absolute atomic E-state index is 11.5. The van der Waals surface area contributed by atoms with Crippen LogP contribution in [0, 0.1) is 0 Å². The van der Waals surface area contributed by atoms with Crippen LogP contribution in [0.25, 0.3) is 0 Å². The summed E-state index contributed by atoms with van der Waals surface area (Å²) in [5.41, 5.74) is 0.759. The molecular formula is C19H24N2O6S2. The zero-order valence-electron chi connectivity index (χ0n) is 16.9. The molecule has 1 aromatic carbocycles. The number of hydrogen-bond acceptors (Lipinski definition) is 9. The molecule has 29 heavy (non-hydrogen) atoms. The summed E-state index contributed by atoms with van der Waals surface area (Å²) in [7, 11) is 0. The van der Waals surface area contributed by atoms with E-state index in [1.54, 1.807) is 23.9 Å². The van der Waals surface area contributed by atoms with Gasteiger partial charge in [0.15, 0.2) is 11.5 Å². The Kier molecular flexibility index (Phi) is 8.42. The molecule has 0 N–H and O–H groups in total. The molecule has 1 aromatic rings. The number of hydrogen-bond donors (Lipinski definition) is 0. The molecular weight excluding hydrogens is 416 g/mol. The molecule has 0 saturated carbocycles. The van der Waals surface area contributed by atoms with Crippen molar-refractivity contribution in [2.24, 2.45) is 0 Å². The van der Waals surface area contributed by atoms with Crippen molar-refractivity contribution in [3.05, 3.63) is 17.7 Å². The van der Waals surface area contributed by atoms with Crippen LogP contribution in [0.3, 0.4) is 0 Å². The minimum atomic E-state index is -0.625. The second-order valence-corrected chi connectivity index (χ2v) is 7.88. The number of piperazine rings is 1. The van der Waals surface area contributed by atoms with Crippen LogP contribution in [0.4, 0.5) is 0 Å². The monoisotopic (exact) mass is 440 g/mol. The summed E-state index contributed by atoms with van der Waals surface area (Å²) < 4.78 is 16.4. The van der Waals surface area contributed by atoms with Crippen molar-refractivity contribution in [2.45, 2.75) is 27.3 Å².